The molecule has 7 heteroatoms. The number of carboxylic acids is 1. The van der Waals surface area contributed by atoms with Crippen molar-refractivity contribution in [2.75, 3.05) is 26.2 Å². The molecule has 1 saturated heterocycles. The van der Waals surface area contributed by atoms with Crippen molar-refractivity contribution in [3.63, 3.8) is 0 Å². The SMILES string of the molecule is O=C(O)C1CN(C(=O)NCCc2ccc(Cl)cc2)CCO1. The van der Waals surface area contributed by atoms with Crippen LogP contribution >= 0.6 is 11.6 Å². The number of benzene rings is 1. The molecule has 0 bridgehead atoms. The van der Waals surface area contributed by atoms with E-state index in [4.69, 9.17) is 21.4 Å². The van der Waals surface area contributed by atoms with E-state index in [0.717, 1.165) is 5.56 Å². The highest BCUT2D eigenvalue weighted by atomic mass is 35.5. The van der Waals surface area contributed by atoms with Crippen LogP contribution in [0.15, 0.2) is 24.3 Å². The third-order valence-electron chi connectivity index (χ3n) is 3.23. The van der Waals surface area contributed by atoms with Crippen LogP contribution in [0, 0.1) is 0 Å². The number of carboxylic acid groups (broad SMARTS) is 1. The van der Waals surface area contributed by atoms with Crippen LogP contribution in [-0.2, 0) is 16.0 Å². The second kappa shape index (κ2) is 7.28. The van der Waals surface area contributed by atoms with E-state index in [1.807, 2.05) is 12.1 Å². The predicted molar refractivity (Wildman–Crippen MR) is 77.5 cm³/mol. The molecule has 1 aromatic carbocycles. The molecular formula is C14H17ClN2O4. The van der Waals surface area contributed by atoms with Gasteiger partial charge in [-0.15, -0.1) is 0 Å². The third-order valence-corrected chi connectivity index (χ3v) is 3.48. The van der Waals surface area contributed by atoms with E-state index in [1.165, 1.54) is 4.90 Å². The van der Waals surface area contributed by atoms with Crippen molar-refractivity contribution in [2.45, 2.75) is 12.5 Å². The standard InChI is InChI=1S/C14H17ClN2O4/c15-11-3-1-10(2-4-11)5-6-16-14(20)17-7-8-21-12(9-17)13(18)19/h1-4,12H,5-9H2,(H,16,20)(H,18,19). The molecule has 0 saturated carbocycles. The molecule has 2 N–H and O–H groups in total. The molecule has 1 aliphatic heterocycles. The van der Waals surface area contributed by atoms with Gasteiger partial charge in [0.15, 0.2) is 6.10 Å². The molecule has 1 heterocycles. The van der Waals surface area contributed by atoms with E-state index >= 15 is 0 Å². The fourth-order valence-electron chi connectivity index (χ4n) is 2.06. The van der Waals surface area contributed by atoms with Gasteiger partial charge in [0.25, 0.3) is 0 Å². The Bertz CT molecular complexity index is 506. The molecule has 2 amide bonds. The summed E-state index contributed by atoms with van der Waals surface area (Å²) in [5, 5.41) is 12.3. The number of morpholine rings is 1. The molecule has 6 nitrogen and oxygen atoms in total. The van der Waals surface area contributed by atoms with Gasteiger partial charge >= 0.3 is 12.0 Å². The van der Waals surface area contributed by atoms with Crippen LogP contribution in [0.3, 0.4) is 0 Å². The molecule has 1 unspecified atom stereocenters. The molecule has 0 spiro atoms. The summed E-state index contributed by atoms with van der Waals surface area (Å²) in [5.74, 6) is -1.05. The number of rotatable bonds is 4. The topological polar surface area (TPSA) is 78.9 Å². The van der Waals surface area contributed by atoms with Gasteiger partial charge in [-0.25, -0.2) is 9.59 Å². The van der Waals surface area contributed by atoms with Crippen LogP contribution < -0.4 is 5.32 Å². The van der Waals surface area contributed by atoms with Crippen molar-refractivity contribution in [2.24, 2.45) is 0 Å². The number of carbonyl (C=O) groups excluding carboxylic acids is 1. The number of halogens is 1. The third kappa shape index (κ3) is 4.61. The van der Waals surface area contributed by atoms with Crippen LogP contribution in [0.4, 0.5) is 4.79 Å². The van der Waals surface area contributed by atoms with Gasteiger partial charge in [0.05, 0.1) is 13.2 Å². The van der Waals surface area contributed by atoms with Gasteiger partial charge in [0.2, 0.25) is 0 Å². The fraction of sp³-hybridized carbons (Fsp3) is 0.429. The van der Waals surface area contributed by atoms with Crippen LogP contribution in [0.5, 0.6) is 0 Å². The minimum atomic E-state index is -1.05. The molecule has 2 rings (SSSR count). The van der Waals surface area contributed by atoms with E-state index in [2.05, 4.69) is 5.32 Å². The maximum Gasteiger partial charge on any atom is 0.334 e. The minimum Gasteiger partial charge on any atom is -0.479 e. The Labute approximate surface area is 127 Å². The first-order valence-electron chi connectivity index (χ1n) is 6.68. The molecule has 1 aliphatic rings. The Morgan fingerprint density at radius 1 is 1.38 bits per heavy atom. The predicted octanol–water partition coefficient (Wildman–Crippen LogP) is 1.38. The Hall–Kier alpha value is -1.79. The molecule has 21 heavy (non-hydrogen) atoms. The number of amides is 2. The van der Waals surface area contributed by atoms with E-state index < -0.39 is 12.1 Å². The van der Waals surface area contributed by atoms with E-state index in [-0.39, 0.29) is 19.2 Å². The molecular weight excluding hydrogens is 296 g/mol. The zero-order valence-electron chi connectivity index (χ0n) is 11.4. The van der Waals surface area contributed by atoms with Crippen molar-refractivity contribution < 1.29 is 19.4 Å². The first-order chi connectivity index (χ1) is 10.1. The first kappa shape index (κ1) is 15.6. The van der Waals surface area contributed by atoms with Crippen molar-refractivity contribution >= 4 is 23.6 Å². The Balaban J connectivity index is 1.76. The van der Waals surface area contributed by atoms with Gasteiger partial charge in [0.1, 0.15) is 0 Å². The Morgan fingerprint density at radius 2 is 2.10 bits per heavy atom. The van der Waals surface area contributed by atoms with Crippen LogP contribution in [0.25, 0.3) is 0 Å². The lowest BCUT2D eigenvalue weighted by Crippen LogP contribution is -2.52. The highest BCUT2D eigenvalue weighted by Gasteiger charge is 2.28. The van der Waals surface area contributed by atoms with E-state index in [1.54, 1.807) is 12.1 Å². The average Bonchev–Trinajstić information content (AvgIpc) is 2.49. The van der Waals surface area contributed by atoms with Gasteiger partial charge in [-0.1, -0.05) is 23.7 Å². The molecule has 1 atom stereocenters. The number of nitrogens with zero attached hydrogens (tertiary/aromatic N) is 1. The monoisotopic (exact) mass is 312 g/mol. The quantitative estimate of drug-likeness (QED) is 0.880. The van der Waals surface area contributed by atoms with Crippen LogP contribution in [-0.4, -0.2) is 54.4 Å². The summed E-state index contributed by atoms with van der Waals surface area (Å²) in [6.45, 7) is 1.19. The number of nitrogens with one attached hydrogen (secondary N) is 1. The van der Waals surface area contributed by atoms with Crippen molar-refractivity contribution in [1.82, 2.24) is 10.2 Å². The second-order valence-electron chi connectivity index (χ2n) is 4.75. The maximum atomic E-state index is 12.0. The number of carbonyl (C=O) groups is 2. The van der Waals surface area contributed by atoms with Gasteiger partial charge in [-0.2, -0.15) is 0 Å². The van der Waals surface area contributed by atoms with Crippen LogP contribution in [0.2, 0.25) is 5.02 Å². The van der Waals surface area contributed by atoms with E-state index in [0.29, 0.717) is 24.5 Å². The summed E-state index contributed by atoms with van der Waals surface area (Å²) in [6.07, 6.45) is -0.254. The lowest BCUT2D eigenvalue weighted by Gasteiger charge is -2.30. The Kier molecular flexibility index (Phi) is 5.41. The first-order valence-corrected chi connectivity index (χ1v) is 7.05. The van der Waals surface area contributed by atoms with Gasteiger partial charge < -0.3 is 20.1 Å². The normalized spacial score (nSPS) is 18.3. The average molecular weight is 313 g/mol. The molecule has 0 aliphatic carbocycles. The molecule has 114 valence electrons. The maximum absolute atomic E-state index is 12.0. The highest BCUT2D eigenvalue weighted by molar-refractivity contribution is 6.30. The smallest absolute Gasteiger partial charge is 0.334 e. The summed E-state index contributed by atoms with van der Waals surface area (Å²) in [5.41, 5.74) is 1.07. The molecule has 1 aromatic rings. The number of urea groups is 1. The summed E-state index contributed by atoms with van der Waals surface area (Å²) in [4.78, 5) is 24.3. The van der Waals surface area contributed by atoms with Gasteiger partial charge in [-0.3, -0.25) is 0 Å². The van der Waals surface area contributed by atoms with Crippen LogP contribution in [0.1, 0.15) is 5.56 Å². The number of hydrogen-bond donors (Lipinski definition) is 2. The number of hydrogen-bond acceptors (Lipinski definition) is 3. The summed E-state index contributed by atoms with van der Waals surface area (Å²) >= 11 is 5.80. The molecule has 0 radical (unpaired) electrons. The second-order valence-corrected chi connectivity index (χ2v) is 5.19. The summed E-state index contributed by atoms with van der Waals surface area (Å²) in [7, 11) is 0. The summed E-state index contributed by atoms with van der Waals surface area (Å²) < 4.78 is 5.07. The fourth-order valence-corrected chi connectivity index (χ4v) is 2.19. The number of ether oxygens (including phenoxy) is 1. The zero-order chi connectivity index (χ0) is 15.2. The molecule has 0 aromatic heterocycles. The minimum absolute atomic E-state index is 0.0715. The lowest BCUT2D eigenvalue weighted by molar-refractivity contribution is -0.154. The van der Waals surface area contributed by atoms with E-state index in [9.17, 15) is 9.59 Å². The van der Waals surface area contributed by atoms with Crippen molar-refractivity contribution in [3.8, 4) is 0 Å². The summed E-state index contributed by atoms with van der Waals surface area (Å²) in [6, 6.07) is 7.16. The van der Waals surface area contributed by atoms with Gasteiger partial charge in [0, 0.05) is 18.1 Å². The van der Waals surface area contributed by atoms with Crippen molar-refractivity contribution in [1.29, 1.82) is 0 Å². The largest absolute Gasteiger partial charge is 0.479 e. The molecule has 1 fully saturated rings. The Morgan fingerprint density at radius 3 is 2.76 bits per heavy atom. The highest BCUT2D eigenvalue weighted by Crippen LogP contribution is 2.10. The lowest BCUT2D eigenvalue weighted by atomic mass is 10.1. The number of aliphatic carboxylic acids is 1. The van der Waals surface area contributed by atoms with Gasteiger partial charge in [-0.05, 0) is 24.1 Å². The van der Waals surface area contributed by atoms with Crippen molar-refractivity contribution in [3.05, 3.63) is 34.9 Å². The zero-order valence-corrected chi connectivity index (χ0v) is 12.2.